The van der Waals surface area contributed by atoms with Crippen LogP contribution in [0.3, 0.4) is 0 Å². The number of carbonyl (C=O) groups is 1. The Kier molecular flexibility index (Phi) is 5.73. The van der Waals surface area contributed by atoms with E-state index in [1.807, 2.05) is 0 Å². The lowest BCUT2D eigenvalue weighted by Gasteiger charge is -2.15. The first-order valence-electron chi connectivity index (χ1n) is 5.91. The van der Waals surface area contributed by atoms with Crippen molar-refractivity contribution in [2.24, 2.45) is 0 Å². The molecular weight excluding hydrogens is 268 g/mol. The van der Waals surface area contributed by atoms with Gasteiger partial charge in [0.15, 0.2) is 11.5 Å². The van der Waals surface area contributed by atoms with Crippen LogP contribution in [0.25, 0.3) is 0 Å². The molecule has 1 aromatic carbocycles. The van der Waals surface area contributed by atoms with Crippen molar-refractivity contribution < 1.29 is 24.3 Å². The molecule has 0 spiro atoms. The standard InChI is InChI=1S/C12H16N2O6/c1-3-13-9(12(15)16)7-20-11-6-8(14(17)18)4-5-10(11)19-2/h4-6,9,13H,3,7H2,1-2H3,(H,15,16). The molecule has 1 unspecified atom stereocenters. The number of nitrogens with one attached hydrogen (secondary N) is 1. The maximum absolute atomic E-state index is 11.0. The molecule has 0 aliphatic heterocycles. The zero-order chi connectivity index (χ0) is 15.1. The molecule has 0 saturated heterocycles. The van der Waals surface area contributed by atoms with Crippen LogP contribution in [-0.2, 0) is 4.79 Å². The molecule has 0 fully saturated rings. The summed E-state index contributed by atoms with van der Waals surface area (Å²) in [5.74, 6) is -0.627. The van der Waals surface area contributed by atoms with Gasteiger partial charge in [-0.1, -0.05) is 6.92 Å². The van der Waals surface area contributed by atoms with Gasteiger partial charge in [-0.25, -0.2) is 0 Å². The van der Waals surface area contributed by atoms with E-state index in [0.29, 0.717) is 12.3 Å². The first-order chi connectivity index (χ1) is 9.49. The Hall–Kier alpha value is -2.35. The highest BCUT2D eigenvalue weighted by molar-refractivity contribution is 5.73. The summed E-state index contributed by atoms with van der Waals surface area (Å²) in [6.45, 7) is 2.07. The molecule has 0 bridgehead atoms. The Morgan fingerprint density at radius 2 is 2.20 bits per heavy atom. The Morgan fingerprint density at radius 1 is 1.50 bits per heavy atom. The fourth-order valence-electron chi connectivity index (χ4n) is 1.53. The number of hydrogen-bond donors (Lipinski definition) is 2. The third-order valence-electron chi connectivity index (χ3n) is 2.51. The van der Waals surface area contributed by atoms with E-state index >= 15 is 0 Å². The van der Waals surface area contributed by atoms with Crippen molar-refractivity contribution in [3.8, 4) is 11.5 Å². The van der Waals surface area contributed by atoms with E-state index in [1.54, 1.807) is 6.92 Å². The monoisotopic (exact) mass is 284 g/mol. The fourth-order valence-corrected chi connectivity index (χ4v) is 1.53. The Labute approximate surface area is 115 Å². The Balaban J connectivity index is 2.86. The van der Waals surface area contributed by atoms with Crippen molar-refractivity contribution in [1.29, 1.82) is 0 Å². The summed E-state index contributed by atoms with van der Waals surface area (Å²) in [6, 6.07) is 2.98. The number of nitrogens with zero attached hydrogens (tertiary/aromatic N) is 1. The number of aliphatic carboxylic acids is 1. The molecule has 0 heterocycles. The van der Waals surface area contributed by atoms with Crippen LogP contribution in [0.5, 0.6) is 11.5 Å². The minimum absolute atomic E-state index is 0.130. The van der Waals surface area contributed by atoms with Gasteiger partial charge in [-0.3, -0.25) is 14.9 Å². The normalized spacial score (nSPS) is 11.7. The van der Waals surface area contributed by atoms with E-state index in [-0.39, 0.29) is 18.0 Å². The summed E-state index contributed by atoms with van der Waals surface area (Å²) >= 11 is 0. The van der Waals surface area contributed by atoms with Crippen molar-refractivity contribution >= 4 is 11.7 Å². The van der Waals surface area contributed by atoms with Crippen LogP contribution in [-0.4, -0.2) is 42.3 Å². The number of rotatable bonds is 8. The third kappa shape index (κ3) is 4.09. The highest BCUT2D eigenvalue weighted by atomic mass is 16.6. The van der Waals surface area contributed by atoms with Gasteiger partial charge in [-0.2, -0.15) is 0 Å². The smallest absolute Gasteiger partial charge is 0.324 e. The molecule has 0 aromatic heterocycles. The maximum atomic E-state index is 11.0. The lowest BCUT2D eigenvalue weighted by Crippen LogP contribution is -2.41. The van der Waals surface area contributed by atoms with Gasteiger partial charge < -0.3 is 19.9 Å². The summed E-state index contributed by atoms with van der Waals surface area (Å²) in [5, 5.41) is 22.4. The van der Waals surface area contributed by atoms with Gasteiger partial charge in [0.2, 0.25) is 0 Å². The lowest BCUT2D eigenvalue weighted by molar-refractivity contribution is -0.385. The minimum Gasteiger partial charge on any atom is -0.493 e. The molecule has 110 valence electrons. The molecule has 20 heavy (non-hydrogen) atoms. The van der Waals surface area contributed by atoms with E-state index < -0.39 is 16.9 Å². The highest BCUT2D eigenvalue weighted by Gasteiger charge is 2.19. The quantitative estimate of drug-likeness (QED) is 0.542. The topological polar surface area (TPSA) is 111 Å². The summed E-state index contributed by atoms with van der Waals surface area (Å²) in [7, 11) is 1.40. The van der Waals surface area contributed by atoms with Gasteiger partial charge >= 0.3 is 5.97 Å². The van der Waals surface area contributed by atoms with Crippen LogP contribution in [0.4, 0.5) is 5.69 Å². The van der Waals surface area contributed by atoms with E-state index in [9.17, 15) is 14.9 Å². The summed E-state index contributed by atoms with van der Waals surface area (Å²) < 4.78 is 10.3. The average Bonchev–Trinajstić information content (AvgIpc) is 2.42. The number of likely N-dealkylation sites (N-methyl/N-ethyl adjacent to an activating group) is 1. The van der Waals surface area contributed by atoms with Crippen LogP contribution >= 0.6 is 0 Å². The highest BCUT2D eigenvalue weighted by Crippen LogP contribution is 2.31. The second-order valence-electron chi connectivity index (χ2n) is 3.85. The fraction of sp³-hybridized carbons (Fsp3) is 0.417. The van der Waals surface area contributed by atoms with Crippen LogP contribution in [0.15, 0.2) is 18.2 Å². The first kappa shape index (κ1) is 15.7. The molecule has 0 saturated carbocycles. The van der Waals surface area contributed by atoms with Crippen molar-refractivity contribution in [1.82, 2.24) is 5.32 Å². The summed E-state index contributed by atoms with van der Waals surface area (Å²) in [6.07, 6.45) is 0. The van der Waals surface area contributed by atoms with Gasteiger partial charge in [0.05, 0.1) is 18.1 Å². The second-order valence-corrected chi connectivity index (χ2v) is 3.85. The van der Waals surface area contributed by atoms with Gasteiger partial charge in [-0.05, 0) is 12.6 Å². The zero-order valence-electron chi connectivity index (χ0n) is 11.2. The SMILES string of the molecule is CCNC(COc1cc([N+](=O)[O-])ccc1OC)C(=O)O. The summed E-state index contributed by atoms with van der Waals surface area (Å²) in [5.41, 5.74) is -0.156. The largest absolute Gasteiger partial charge is 0.493 e. The van der Waals surface area contributed by atoms with Crippen molar-refractivity contribution in [3.63, 3.8) is 0 Å². The number of carboxylic acid groups (broad SMARTS) is 1. The molecule has 0 aliphatic carbocycles. The van der Waals surface area contributed by atoms with Crippen LogP contribution in [0, 0.1) is 10.1 Å². The first-order valence-corrected chi connectivity index (χ1v) is 5.91. The lowest BCUT2D eigenvalue weighted by atomic mass is 10.2. The number of nitro groups is 1. The predicted octanol–water partition coefficient (Wildman–Crippen LogP) is 1.04. The van der Waals surface area contributed by atoms with Crippen LogP contribution in [0.2, 0.25) is 0 Å². The number of methoxy groups -OCH3 is 1. The van der Waals surface area contributed by atoms with Crippen LogP contribution in [0.1, 0.15) is 6.92 Å². The molecule has 0 aliphatic rings. The average molecular weight is 284 g/mol. The minimum atomic E-state index is -1.06. The molecule has 1 aromatic rings. The van der Waals surface area contributed by atoms with Gasteiger partial charge in [-0.15, -0.1) is 0 Å². The molecule has 0 amide bonds. The van der Waals surface area contributed by atoms with Gasteiger partial charge in [0, 0.05) is 6.07 Å². The maximum Gasteiger partial charge on any atom is 0.324 e. The second kappa shape index (κ2) is 7.29. The molecule has 8 nitrogen and oxygen atoms in total. The number of hydrogen-bond acceptors (Lipinski definition) is 6. The van der Waals surface area contributed by atoms with E-state index in [4.69, 9.17) is 14.6 Å². The molecule has 1 rings (SSSR count). The zero-order valence-corrected chi connectivity index (χ0v) is 11.2. The number of nitro benzene ring substituents is 1. The molecule has 2 N–H and O–H groups in total. The van der Waals surface area contributed by atoms with E-state index in [2.05, 4.69) is 5.32 Å². The Bertz CT molecular complexity index is 491. The Morgan fingerprint density at radius 3 is 2.70 bits per heavy atom. The third-order valence-corrected chi connectivity index (χ3v) is 2.51. The number of non-ortho nitro benzene ring substituents is 1. The van der Waals surface area contributed by atoms with Crippen molar-refractivity contribution in [2.75, 3.05) is 20.3 Å². The van der Waals surface area contributed by atoms with Gasteiger partial charge in [0.1, 0.15) is 12.6 Å². The molecule has 8 heteroatoms. The summed E-state index contributed by atoms with van der Waals surface area (Å²) in [4.78, 5) is 21.1. The van der Waals surface area contributed by atoms with Gasteiger partial charge in [0.25, 0.3) is 5.69 Å². The predicted molar refractivity (Wildman–Crippen MR) is 70.2 cm³/mol. The number of benzene rings is 1. The molecule has 1 atom stereocenters. The van der Waals surface area contributed by atoms with Crippen LogP contribution < -0.4 is 14.8 Å². The van der Waals surface area contributed by atoms with E-state index in [1.165, 1.54) is 25.3 Å². The van der Waals surface area contributed by atoms with Crippen molar-refractivity contribution in [2.45, 2.75) is 13.0 Å². The molecule has 0 radical (unpaired) electrons. The molecular formula is C12H16N2O6. The van der Waals surface area contributed by atoms with E-state index in [0.717, 1.165) is 0 Å². The van der Waals surface area contributed by atoms with Crippen molar-refractivity contribution in [3.05, 3.63) is 28.3 Å². The number of ether oxygens (including phenoxy) is 2. The number of carboxylic acids is 1.